The molecule has 0 spiro atoms. The zero-order chi connectivity index (χ0) is 14.5. The summed E-state index contributed by atoms with van der Waals surface area (Å²) in [6, 6.07) is 1.84. The van der Waals surface area contributed by atoms with E-state index in [1.165, 1.54) is 0 Å². The van der Waals surface area contributed by atoms with Crippen molar-refractivity contribution in [1.29, 1.82) is 0 Å². The van der Waals surface area contributed by atoms with Crippen molar-refractivity contribution >= 4 is 11.5 Å². The first kappa shape index (κ1) is 14.0. The fraction of sp³-hybridized carbons (Fsp3) is 0.500. The van der Waals surface area contributed by atoms with E-state index in [0.29, 0.717) is 31.1 Å². The lowest BCUT2D eigenvalue weighted by Crippen LogP contribution is -2.15. The molecule has 2 aromatic heterocycles. The molecule has 2 rings (SSSR count). The first-order valence-corrected chi connectivity index (χ1v) is 6.56. The molecule has 0 fully saturated rings. The third-order valence-corrected chi connectivity index (χ3v) is 2.91. The average Bonchev–Trinajstić information content (AvgIpc) is 2.99. The fourth-order valence-electron chi connectivity index (χ4n) is 2.06. The lowest BCUT2D eigenvalue weighted by atomic mass is 10.4. The van der Waals surface area contributed by atoms with E-state index in [0.717, 1.165) is 6.42 Å². The van der Waals surface area contributed by atoms with Crippen molar-refractivity contribution < 1.29 is 4.92 Å². The summed E-state index contributed by atoms with van der Waals surface area (Å²) in [5.41, 5.74) is 0.490. The highest BCUT2D eigenvalue weighted by Gasteiger charge is 2.24. The molecule has 0 aliphatic rings. The number of anilines is 1. The summed E-state index contributed by atoms with van der Waals surface area (Å²) in [5, 5.41) is 22.6. The SMILES string of the molecule is CCCn1nc(C)c([N+](=O)[O-])c1NCCn1cccn1. The molecule has 0 aliphatic heterocycles. The molecule has 2 aromatic rings. The van der Waals surface area contributed by atoms with Crippen LogP contribution in [0.5, 0.6) is 0 Å². The quantitative estimate of drug-likeness (QED) is 0.616. The monoisotopic (exact) mass is 278 g/mol. The Morgan fingerprint density at radius 1 is 1.45 bits per heavy atom. The van der Waals surface area contributed by atoms with E-state index in [-0.39, 0.29) is 10.6 Å². The maximum Gasteiger partial charge on any atom is 0.333 e. The topological polar surface area (TPSA) is 90.8 Å². The van der Waals surface area contributed by atoms with Crippen molar-refractivity contribution in [2.24, 2.45) is 0 Å². The van der Waals surface area contributed by atoms with E-state index in [9.17, 15) is 10.1 Å². The highest BCUT2D eigenvalue weighted by Crippen LogP contribution is 2.28. The number of hydrogen-bond donors (Lipinski definition) is 1. The molecule has 1 N–H and O–H groups in total. The summed E-state index contributed by atoms with van der Waals surface area (Å²) in [6.45, 7) is 5.51. The van der Waals surface area contributed by atoms with Crippen LogP contribution in [0.3, 0.4) is 0 Å². The molecule has 0 atom stereocenters. The zero-order valence-corrected chi connectivity index (χ0v) is 11.6. The van der Waals surface area contributed by atoms with Crippen LogP contribution in [0, 0.1) is 17.0 Å². The van der Waals surface area contributed by atoms with Crippen LogP contribution in [0.2, 0.25) is 0 Å². The van der Waals surface area contributed by atoms with Crippen LogP contribution >= 0.6 is 0 Å². The summed E-state index contributed by atoms with van der Waals surface area (Å²) >= 11 is 0. The second-order valence-corrected chi connectivity index (χ2v) is 4.46. The van der Waals surface area contributed by atoms with Gasteiger partial charge in [0.2, 0.25) is 5.82 Å². The van der Waals surface area contributed by atoms with E-state index >= 15 is 0 Å². The molecule has 0 unspecified atom stereocenters. The summed E-state index contributed by atoms with van der Waals surface area (Å²) in [5.74, 6) is 0.474. The van der Waals surface area contributed by atoms with Crippen molar-refractivity contribution in [3.8, 4) is 0 Å². The maximum absolute atomic E-state index is 11.1. The van der Waals surface area contributed by atoms with Gasteiger partial charge in [0.05, 0.1) is 11.5 Å². The molecule has 8 heteroatoms. The van der Waals surface area contributed by atoms with E-state index in [4.69, 9.17) is 0 Å². The van der Waals surface area contributed by atoms with Gasteiger partial charge in [-0.2, -0.15) is 10.2 Å². The Morgan fingerprint density at radius 3 is 2.85 bits per heavy atom. The molecular weight excluding hydrogens is 260 g/mol. The standard InChI is InChI=1S/C12H18N6O2/c1-3-7-17-12(11(18(19)20)10(2)15-17)13-6-9-16-8-4-5-14-16/h4-5,8,13H,3,6-7,9H2,1-2H3. The van der Waals surface area contributed by atoms with Crippen LogP contribution in [0.1, 0.15) is 19.0 Å². The van der Waals surface area contributed by atoms with Gasteiger partial charge in [0, 0.05) is 25.5 Å². The molecular formula is C12H18N6O2. The first-order valence-electron chi connectivity index (χ1n) is 6.56. The molecule has 20 heavy (non-hydrogen) atoms. The van der Waals surface area contributed by atoms with Crippen molar-refractivity contribution in [3.05, 3.63) is 34.3 Å². The molecule has 0 amide bonds. The minimum Gasteiger partial charge on any atom is -0.363 e. The predicted molar refractivity (Wildman–Crippen MR) is 74.6 cm³/mol. The number of hydrogen-bond acceptors (Lipinski definition) is 5. The Labute approximate surface area is 116 Å². The summed E-state index contributed by atoms with van der Waals surface area (Å²) < 4.78 is 3.43. The molecule has 108 valence electrons. The summed E-state index contributed by atoms with van der Waals surface area (Å²) in [4.78, 5) is 10.8. The van der Waals surface area contributed by atoms with Crippen molar-refractivity contribution in [2.75, 3.05) is 11.9 Å². The normalized spacial score (nSPS) is 10.7. The number of rotatable bonds is 7. The van der Waals surface area contributed by atoms with E-state index in [1.54, 1.807) is 22.5 Å². The zero-order valence-electron chi connectivity index (χ0n) is 11.6. The minimum atomic E-state index is -0.384. The second kappa shape index (κ2) is 6.18. The van der Waals surface area contributed by atoms with E-state index < -0.39 is 0 Å². The maximum atomic E-state index is 11.1. The van der Waals surface area contributed by atoms with Crippen LogP contribution in [-0.2, 0) is 13.1 Å². The Hall–Kier alpha value is -2.38. The van der Waals surface area contributed by atoms with Gasteiger partial charge in [-0.05, 0) is 19.4 Å². The van der Waals surface area contributed by atoms with Gasteiger partial charge in [-0.3, -0.25) is 14.8 Å². The van der Waals surface area contributed by atoms with Gasteiger partial charge < -0.3 is 5.32 Å². The molecule has 0 radical (unpaired) electrons. The number of nitrogens with one attached hydrogen (secondary N) is 1. The van der Waals surface area contributed by atoms with Crippen molar-refractivity contribution in [3.63, 3.8) is 0 Å². The van der Waals surface area contributed by atoms with Gasteiger partial charge in [-0.25, -0.2) is 4.68 Å². The van der Waals surface area contributed by atoms with Gasteiger partial charge in [0.1, 0.15) is 5.69 Å². The van der Waals surface area contributed by atoms with Crippen LogP contribution in [-0.4, -0.2) is 31.0 Å². The van der Waals surface area contributed by atoms with Gasteiger partial charge in [-0.1, -0.05) is 6.92 Å². The van der Waals surface area contributed by atoms with Crippen molar-refractivity contribution in [2.45, 2.75) is 33.4 Å². The van der Waals surface area contributed by atoms with Gasteiger partial charge in [-0.15, -0.1) is 0 Å². The Morgan fingerprint density at radius 2 is 2.25 bits per heavy atom. The average molecular weight is 278 g/mol. The van der Waals surface area contributed by atoms with Crippen molar-refractivity contribution in [1.82, 2.24) is 19.6 Å². The third kappa shape index (κ3) is 2.95. The van der Waals surface area contributed by atoms with Gasteiger partial charge >= 0.3 is 5.69 Å². The van der Waals surface area contributed by atoms with E-state index in [2.05, 4.69) is 15.5 Å². The largest absolute Gasteiger partial charge is 0.363 e. The van der Waals surface area contributed by atoms with Crippen LogP contribution in [0.25, 0.3) is 0 Å². The third-order valence-electron chi connectivity index (χ3n) is 2.91. The molecule has 0 saturated carbocycles. The highest BCUT2D eigenvalue weighted by atomic mass is 16.6. The molecule has 8 nitrogen and oxygen atoms in total. The number of aromatic nitrogens is 4. The van der Waals surface area contributed by atoms with E-state index in [1.807, 2.05) is 19.2 Å². The molecule has 2 heterocycles. The van der Waals surface area contributed by atoms with Gasteiger partial charge in [0.15, 0.2) is 0 Å². The molecule has 0 aliphatic carbocycles. The Balaban J connectivity index is 2.13. The number of aryl methyl sites for hydroxylation is 2. The van der Waals surface area contributed by atoms with Crippen LogP contribution in [0.15, 0.2) is 18.5 Å². The number of nitro groups is 1. The van der Waals surface area contributed by atoms with Crippen LogP contribution < -0.4 is 5.32 Å². The summed E-state index contributed by atoms with van der Waals surface area (Å²) in [7, 11) is 0. The second-order valence-electron chi connectivity index (χ2n) is 4.46. The van der Waals surface area contributed by atoms with Gasteiger partial charge in [0.25, 0.3) is 0 Å². The molecule has 0 aromatic carbocycles. The van der Waals surface area contributed by atoms with Crippen LogP contribution in [0.4, 0.5) is 11.5 Å². The predicted octanol–water partition coefficient (Wildman–Crippen LogP) is 1.82. The number of nitrogens with zero attached hydrogens (tertiary/aromatic N) is 5. The highest BCUT2D eigenvalue weighted by molar-refractivity contribution is 5.59. The Kier molecular flexibility index (Phi) is 4.34. The smallest absolute Gasteiger partial charge is 0.333 e. The summed E-state index contributed by atoms with van der Waals surface area (Å²) in [6.07, 6.45) is 4.42. The first-order chi connectivity index (χ1) is 9.63. The molecule has 0 bridgehead atoms. The minimum absolute atomic E-state index is 0.0546. The lowest BCUT2D eigenvalue weighted by molar-refractivity contribution is -0.384. The lowest BCUT2D eigenvalue weighted by Gasteiger charge is -2.08. The molecule has 0 saturated heterocycles. The fourth-order valence-corrected chi connectivity index (χ4v) is 2.06. The Bertz CT molecular complexity index is 575.